The summed E-state index contributed by atoms with van der Waals surface area (Å²) in [5.74, 6) is 0. The first-order chi connectivity index (χ1) is 11.6. The molecule has 0 atom stereocenters. The predicted octanol–water partition coefficient (Wildman–Crippen LogP) is -5.01. The van der Waals surface area contributed by atoms with Crippen molar-refractivity contribution in [2.75, 3.05) is 42.7 Å². The minimum Gasteiger partial charge on any atom is -1.00 e. The van der Waals surface area contributed by atoms with Crippen LogP contribution in [0.1, 0.15) is 0 Å². The van der Waals surface area contributed by atoms with Gasteiger partial charge in [-0.05, 0) is 0 Å². The summed E-state index contributed by atoms with van der Waals surface area (Å²) in [4.78, 5) is 0. The maximum absolute atomic E-state index is 5.28. The number of hydrogen-bond acceptors (Lipinski definition) is 6. The fourth-order valence-electron chi connectivity index (χ4n) is 2.36. The smallest absolute Gasteiger partial charge is 1.00 e. The Hall–Kier alpha value is 0.188. The van der Waals surface area contributed by atoms with E-state index in [1.54, 1.807) is 42.7 Å². The summed E-state index contributed by atoms with van der Waals surface area (Å²) in [6, 6.07) is 15.5. The molecule has 27 heavy (non-hydrogen) atoms. The van der Waals surface area contributed by atoms with Gasteiger partial charge in [0.15, 0.2) is 0 Å². The average molecular weight is 489 g/mol. The molecule has 152 valence electrons. The molecule has 0 spiro atoms. The summed E-state index contributed by atoms with van der Waals surface area (Å²) >= 11 is 0. The summed E-state index contributed by atoms with van der Waals surface area (Å²) in [6.07, 6.45) is 0. The zero-order valence-corrected chi connectivity index (χ0v) is 21.4. The van der Waals surface area contributed by atoms with Crippen molar-refractivity contribution in [3.8, 4) is 0 Å². The molecule has 2 rings (SSSR count). The van der Waals surface area contributed by atoms with Gasteiger partial charge in [-0.2, -0.15) is 24.3 Å². The van der Waals surface area contributed by atoms with Crippen LogP contribution in [0.2, 0.25) is 0 Å². The maximum atomic E-state index is 5.28. The van der Waals surface area contributed by atoms with E-state index in [4.69, 9.17) is 26.6 Å². The molecule has 0 N–H and O–H groups in total. The van der Waals surface area contributed by atoms with E-state index in [2.05, 4.69) is 0 Å². The molecular formula is C16H26Cl2O6Si2Ti. The molecule has 0 unspecified atom stereocenters. The summed E-state index contributed by atoms with van der Waals surface area (Å²) in [7, 11) is 4.54. The summed E-state index contributed by atoms with van der Waals surface area (Å²) in [5, 5.41) is 1.99. The van der Waals surface area contributed by atoms with Crippen LogP contribution >= 0.6 is 0 Å². The van der Waals surface area contributed by atoms with E-state index >= 15 is 0 Å². The molecular weight excluding hydrogens is 463 g/mol. The van der Waals surface area contributed by atoms with Gasteiger partial charge in [0.2, 0.25) is 0 Å². The molecule has 0 radical (unpaired) electrons. The Balaban J connectivity index is -0.000000384. The van der Waals surface area contributed by atoms with E-state index in [0.717, 1.165) is 10.4 Å². The molecule has 11 heteroatoms. The van der Waals surface area contributed by atoms with Crippen molar-refractivity contribution < 1.29 is 73.1 Å². The van der Waals surface area contributed by atoms with Crippen LogP contribution in [0.25, 0.3) is 0 Å². The zero-order chi connectivity index (χ0) is 18.1. The van der Waals surface area contributed by atoms with E-state index in [0.29, 0.717) is 0 Å². The first-order valence-corrected chi connectivity index (χ1v) is 10.8. The van der Waals surface area contributed by atoms with Gasteiger partial charge in [0, 0.05) is 42.7 Å². The van der Waals surface area contributed by atoms with Crippen LogP contribution < -0.4 is 35.2 Å². The molecule has 6 nitrogen and oxygen atoms in total. The average Bonchev–Trinajstić information content (AvgIpc) is 3.34. The van der Waals surface area contributed by atoms with Crippen molar-refractivity contribution in [2.24, 2.45) is 0 Å². The zero-order valence-electron chi connectivity index (χ0n) is 16.3. The molecule has 0 aliphatic heterocycles. The first-order valence-electron chi connectivity index (χ1n) is 7.33. The summed E-state index contributed by atoms with van der Waals surface area (Å²) < 4.78 is 31.7. The monoisotopic (exact) mass is 488 g/mol. The molecule has 0 bridgehead atoms. The van der Waals surface area contributed by atoms with Gasteiger partial charge in [0.25, 0.3) is 0 Å². The molecule has 0 saturated carbocycles. The molecule has 2 aromatic rings. The maximum Gasteiger partial charge on any atom is 4.00 e. The standard InChI is InChI=1S/2C8H13O3Si.2ClH.Ti/c2*1-9-12(10-2,11-3)8-6-4-5-7-8;;;/h2*4-7H,1-3H3;2*1H;/q2*-1;;;+4/p-2. The predicted molar refractivity (Wildman–Crippen MR) is 96.9 cm³/mol. The van der Waals surface area contributed by atoms with Crippen LogP contribution in [0.4, 0.5) is 0 Å². The van der Waals surface area contributed by atoms with Gasteiger partial charge < -0.3 is 51.4 Å². The van der Waals surface area contributed by atoms with E-state index in [1.165, 1.54) is 0 Å². The number of halogens is 2. The first kappa shape index (κ1) is 31.9. The Bertz CT molecular complexity index is 482. The van der Waals surface area contributed by atoms with Crippen LogP contribution in [0.5, 0.6) is 0 Å². The van der Waals surface area contributed by atoms with Crippen LogP contribution in [-0.2, 0) is 48.3 Å². The second kappa shape index (κ2) is 16.0. The summed E-state index contributed by atoms with van der Waals surface area (Å²) in [5.41, 5.74) is 0. The Kier molecular flexibility index (Phi) is 18.9. The fraction of sp³-hybridized carbons (Fsp3) is 0.375. The molecule has 0 aliphatic carbocycles. The van der Waals surface area contributed by atoms with Crippen LogP contribution in [0.15, 0.2) is 48.5 Å². The van der Waals surface area contributed by atoms with Crippen LogP contribution in [0, 0.1) is 0 Å². The van der Waals surface area contributed by atoms with Crippen molar-refractivity contribution in [2.45, 2.75) is 0 Å². The van der Waals surface area contributed by atoms with Crippen molar-refractivity contribution in [1.82, 2.24) is 0 Å². The van der Waals surface area contributed by atoms with Gasteiger partial charge in [-0.3, -0.25) is 0 Å². The molecule has 0 aliphatic rings. The normalized spacial score (nSPS) is 10.6. The quantitative estimate of drug-likeness (QED) is 0.274. The van der Waals surface area contributed by atoms with Gasteiger partial charge >= 0.3 is 39.3 Å². The number of rotatable bonds is 8. The largest absolute Gasteiger partial charge is 4.00 e. The van der Waals surface area contributed by atoms with Gasteiger partial charge in [-0.25, -0.2) is 24.3 Å². The Morgan fingerprint density at radius 3 is 0.815 bits per heavy atom. The number of hydrogen-bond donors (Lipinski definition) is 0. The molecule has 0 aromatic heterocycles. The van der Waals surface area contributed by atoms with Crippen molar-refractivity contribution in [1.29, 1.82) is 0 Å². The Labute approximate surface area is 191 Å². The Morgan fingerprint density at radius 2 is 0.667 bits per heavy atom. The summed E-state index contributed by atoms with van der Waals surface area (Å²) in [6.45, 7) is 0. The second-order valence-electron chi connectivity index (χ2n) is 4.68. The Morgan fingerprint density at radius 1 is 0.481 bits per heavy atom. The van der Waals surface area contributed by atoms with Gasteiger partial charge in [0.05, 0.1) is 0 Å². The van der Waals surface area contributed by atoms with E-state index < -0.39 is 17.6 Å². The fourth-order valence-corrected chi connectivity index (χ4v) is 5.98. The SMILES string of the molecule is CO[Si](OC)(OC)[c-]1cccc1.CO[Si](OC)(OC)[c-]1cccc1.[Cl-].[Cl-].[Ti+4]. The van der Waals surface area contributed by atoms with Crippen molar-refractivity contribution in [3.05, 3.63) is 48.5 Å². The van der Waals surface area contributed by atoms with Crippen molar-refractivity contribution in [3.63, 3.8) is 0 Å². The minimum absolute atomic E-state index is 0. The van der Waals surface area contributed by atoms with Gasteiger partial charge in [-0.1, -0.05) is 10.4 Å². The third-order valence-corrected chi connectivity index (χ3v) is 8.95. The molecule has 2 aromatic carbocycles. The van der Waals surface area contributed by atoms with Crippen LogP contribution in [0.3, 0.4) is 0 Å². The van der Waals surface area contributed by atoms with E-state index in [-0.39, 0.29) is 46.5 Å². The second-order valence-corrected chi connectivity index (χ2v) is 10.5. The van der Waals surface area contributed by atoms with E-state index in [9.17, 15) is 0 Å². The molecule has 0 saturated heterocycles. The third kappa shape index (κ3) is 7.85. The topological polar surface area (TPSA) is 55.4 Å². The molecule has 0 amide bonds. The van der Waals surface area contributed by atoms with Crippen molar-refractivity contribution >= 4 is 28.0 Å². The third-order valence-electron chi connectivity index (χ3n) is 3.64. The van der Waals surface area contributed by atoms with Crippen LogP contribution in [-0.4, -0.2) is 60.3 Å². The van der Waals surface area contributed by atoms with Gasteiger partial charge in [0.1, 0.15) is 0 Å². The van der Waals surface area contributed by atoms with Gasteiger partial charge in [-0.15, -0.1) is 0 Å². The molecule has 0 heterocycles. The van der Waals surface area contributed by atoms with E-state index in [1.807, 2.05) is 48.5 Å². The molecule has 0 fully saturated rings. The minimum atomic E-state index is -2.54.